The number of carbonyl (C=O) groups excluding carboxylic acids is 4. The molecular formula is C28H28N2O4S2. The van der Waals surface area contributed by atoms with Gasteiger partial charge in [-0.3, -0.25) is 29.0 Å². The third-order valence-electron chi connectivity index (χ3n) is 10.4. The first kappa shape index (κ1) is 22.0. The molecule has 0 aromatic heterocycles. The first-order valence-electron chi connectivity index (χ1n) is 13.2. The molecule has 186 valence electrons. The lowest BCUT2D eigenvalue weighted by Crippen LogP contribution is -2.50. The maximum Gasteiger partial charge on any atom is 0.233 e. The highest BCUT2D eigenvalue weighted by atomic mass is 33.1. The molecule has 0 radical (unpaired) electrons. The molecule has 2 aliphatic heterocycles. The van der Waals surface area contributed by atoms with E-state index in [0.717, 1.165) is 0 Å². The zero-order valence-electron chi connectivity index (χ0n) is 19.7. The smallest absolute Gasteiger partial charge is 0.233 e. The van der Waals surface area contributed by atoms with Gasteiger partial charge in [-0.2, -0.15) is 0 Å². The van der Waals surface area contributed by atoms with Crippen molar-refractivity contribution >= 4 is 45.2 Å². The second kappa shape index (κ2) is 7.73. The minimum atomic E-state index is -0.178. The normalized spacial score (nSPS) is 47.8. The third-order valence-corrected chi connectivity index (χ3v) is 12.8. The maximum absolute atomic E-state index is 13.2. The summed E-state index contributed by atoms with van der Waals surface area (Å²) in [5.74, 6) is 3.07. The van der Waals surface area contributed by atoms with Gasteiger partial charge in [0.05, 0.1) is 23.7 Å². The van der Waals surface area contributed by atoms with Gasteiger partial charge in [0.25, 0.3) is 0 Å². The van der Waals surface area contributed by atoms with E-state index in [2.05, 4.69) is 48.6 Å². The molecule has 4 amide bonds. The van der Waals surface area contributed by atoms with Crippen LogP contribution in [0.2, 0.25) is 0 Å². The van der Waals surface area contributed by atoms with Gasteiger partial charge < -0.3 is 0 Å². The fourth-order valence-electron chi connectivity index (χ4n) is 8.72. The van der Waals surface area contributed by atoms with Gasteiger partial charge in [0.2, 0.25) is 23.6 Å². The predicted molar refractivity (Wildman–Crippen MR) is 137 cm³/mol. The van der Waals surface area contributed by atoms with E-state index in [0.29, 0.717) is 48.3 Å². The van der Waals surface area contributed by atoms with Gasteiger partial charge in [-0.1, -0.05) is 70.2 Å². The van der Waals surface area contributed by atoms with Crippen molar-refractivity contribution < 1.29 is 19.2 Å². The van der Waals surface area contributed by atoms with Gasteiger partial charge >= 0.3 is 0 Å². The largest absolute Gasteiger partial charge is 0.281 e. The molecule has 6 nitrogen and oxygen atoms in total. The average Bonchev–Trinajstić information content (AvgIpc) is 3.23. The summed E-state index contributed by atoms with van der Waals surface area (Å²) in [7, 11) is 3.23. The standard InChI is InChI=1S/C28H28N2O4S2/c31-25-21-17-5-6-18(14-2-1-13(14)17)22(21)26(32)29(25)9-11-35-36-12-10-30-27(33)23-19-7-8-20(24(23)28(30)34)16-4-3-15(16)19/h1-8,13-24H,9-12H2/t13-,14?,15-,16?,17-,18+,19-,20+,21-,22+,23-,24+/m1/s1. The Balaban J connectivity index is 0.839. The molecule has 0 N–H and O–H groups in total. The van der Waals surface area contributed by atoms with E-state index in [1.165, 1.54) is 9.80 Å². The zero-order chi connectivity index (χ0) is 24.3. The van der Waals surface area contributed by atoms with Crippen molar-refractivity contribution in [3.05, 3.63) is 48.6 Å². The molecule has 8 aliphatic carbocycles. The third kappa shape index (κ3) is 2.67. The fourth-order valence-corrected chi connectivity index (χ4v) is 10.6. The lowest BCUT2D eigenvalue weighted by Gasteiger charge is -2.51. The van der Waals surface area contributed by atoms with Crippen LogP contribution in [0.3, 0.4) is 0 Å². The van der Waals surface area contributed by atoms with Crippen molar-refractivity contribution in [2.45, 2.75) is 0 Å². The summed E-state index contributed by atoms with van der Waals surface area (Å²) in [6.07, 6.45) is 17.5. The van der Waals surface area contributed by atoms with E-state index >= 15 is 0 Å². The maximum atomic E-state index is 13.2. The number of carbonyl (C=O) groups is 4. The van der Waals surface area contributed by atoms with Crippen molar-refractivity contribution in [3.8, 4) is 0 Å². The van der Waals surface area contributed by atoms with Crippen LogP contribution in [0.25, 0.3) is 0 Å². The van der Waals surface area contributed by atoms with Gasteiger partial charge in [-0.25, -0.2) is 0 Å². The van der Waals surface area contributed by atoms with Crippen LogP contribution in [-0.2, 0) is 19.2 Å². The molecule has 8 heteroatoms. The Hall–Kier alpha value is -2.06. The van der Waals surface area contributed by atoms with Crippen LogP contribution in [0.4, 0.5) is 0 Å². The lowest BCUT2D eigenvalue weighted by atomic mass is 9.50. The Labute approximate surface area is 218 Å². The van der Waals surface area contributed by atoms with E-state index in [1.807, 2.05) is 0 Å². The topological polar surface area (TPSA) is 74.8 Å². The van der Waals surface area contributed by atoms with Crippen LogP contribution in [0.15, 0.2) is 48.6 Å². The second-order valence-corrected chi connectivity index (χ2v) is 14.3. The predicted octanol–water partition coefficient (Wildman–Crippen LogP) is 2.81. The van der Waals surface area contributed by atoms with E-state index in [9.17, 15) is 19.2 Å². The number of amides is 4. The second-order valence-electron chi connectivity index (χ2n) is 11.6. The summed E-state index contributed by atoms with van der Waals surface area (Å²) < 4.78 is 0. The highest BCUT2D eigenvalue weighted by Gasteiger charge is 2.63. The summed E-state index contributed by atoms with van der Waals surface area (Å²) in [6.45, 7) is 0.863. The molecule has 36 heavy (non-hydrogen) atoms. The van der Waals surface area contributed by atoms with E-state index in [-0.39, 0.29) is 71.0 Å². The Morgan fingerprint density at radius 2 is 0.694 bits per heavy atom. The molecule has 0 aromatic carbocycles. The van der Waals surface area contributed by atoms with Gasteiger partial charge in [-0.15, -0.1) is 0 Å². The molecule has 10 rings (SSSR count). The minimum absolute atomic E-state index is 0.0104. The van der Waals surface area contributed by atoms with Crippen LogP contribution in [0, 0.1) is 71.0 Å². The number of rotatable bonds is 7. The van der Waals surface area contributed by atoms with Crippen LogP contribution in [0.1, 0.15) is 0 Å². The molecule has 2 saturated carbocycles. The van der Waals surface area contributed by atoms with E-state index in [4.69, 9.17) is 0 Å². The molecule has 0 aromatic rings. The number of nitrogens with zero attached hydrogens (tertiary/aromatic N) is 2. The Morgan fingerprint density at radius 1 is 0.444 bits per heavy atom. The number of imide groups is 2. The summed E-state index contributed by atoms with van der Waals surface area (Å²) >= 11 is 0. The highest BCUT2D eigenvalue weighted by Crippen LogP contribution is 2.60. The number of hydrogen-bond acceptors (Lipinski definition) is 6. The Bertz CT molecular complexity index is 1040. The van der Waals surface area contributed by atoms with Gasteiger partial charge in [0.1, 0.15) is 0 Å². The van der Waals surface area contributed by atoms with Gasteiger partial charge in [0.15, 0.2) is 0 Å². The number of likely N-dealkylation sites (tertiary alicyclic amines) is 2. The molecule has 2 heterocycles. The minimum Gasteiger partial charge on any atom is -0.281 e. The molecule has 0 spiro atoms. The quantitative estimate of drug-likeness (QED) is 0.223. The van der Waals surface area contributed by atoms with Crippen molar-refractivity contribution in [2.75, 3.05) is 24.6 Å². The molecule has 4 fully saturated rings. The highest BCUT2D eigenvalue weighted by molar-refractivity contribution is 8.76. The molecule has 10 aliphatic rings. The summed E-state index contributed by atoms with van der Waals surface area (Å²) in [5.41, 5.74) is 0. The first-order valence-corrected chi connectivity index (χ1v) is 15.7. The number of hydrogen-bond donors (Lipinski definition) is 0. The molecule has 4 bridgehead atoms. The Morgan fingerprint density at radius 3 is 0.944 bits per heavy atom. The molecular weight excluding hydrogens is 492 g/mol. The lowest BCUT2D eigenvalue weighted by molar-refractivity contribution is -0.141. The van der Waals surface area contributed by atoms with Gasteiger partial charge in [-0.05, 0) is 47.3 Å². The van der Waals surface area contributed by atoms with Crippen LogP contribution >= 0.6 is 21.6 Å². The van der Waals surface area contributed by atoms with Crippen molar-refractivity contribution in [1.29, 1.82) is 0 Å². The van der Waals surface area contributed by atoms with Crippen LogP contribution in [-0.4, -0.2) is 58.0 Å². The fraction of sp³-hybridized carbons (Fsp3) is 0.571. The summed E-state index contributed by atoms with van der Waals surface area (Å²) in [6, 6.07) is 0. The molecule has 12 atom stereocenters. The monoisotopic (exact) mass is 520 g/mol. The van der Waals surface area contributed by atoms with Crippen LogP contribution in [0.5, 0.6) is 0 Å². The van der Waals surface area contributed by atoms with Crippen molar-refractivity contribution in [2.24, 2.45) is 71.0 Å². The summed E-state index contributed by atoms with van der Waals surface area (Å²) in [4.78, 5) is 55.6. The van der Waals surface area contributed by atoms with Crippen LogP contribution < -0.4 is 0 Å². The van der Waals surface area contributed by atoms with E-state index < -0.39 is 0 Å². The number of allylic oxidation sites excluding steroid dienone is 8. The SMILES string of the molecule is O=C1[C@@H]2[C@@H]3C=C[C@@H](C4C=C[C@H]43)[C@@H]2C(=O)N1CCSSCCN1C(=O)[C@@H]2[C@@H]3C=C[C@@H](C4C=C[C@H]43)[C@@H]2C1=O. The first-order chi connectivity index (χ1) is 17.6. The average molecular weight is 521 g/mol. The Kier molecular flexibility index (Phi) is 4.72. The van der Waals surface area contributed by atoms with Gasteiger partial charge in [0, 0.05) is 24.6 Å². The van der Waals surface area contributed by atoms with Crippen molar-refractivity contribution in [3.63, 3.8) is 0 Å². The van der Waals surface area contributed by atoms with Crippen molar-refractivity contribution in [1.82, 2.24) is 9.80 Å². The zero-order valence-corrected chi connectivity index (χ0v) is 21.4. The molecule has 2 saturated heterocycles. The van der Waals surface area contributed by atoms with E-state index in [1.54, 1.807) is 21.6 Å². The summed E-state index contributed by atoms with van der Waals surface area (Å²) in [5, 5.41) is 0. The molecule has 2 unspecified atom stereocenters.